The van der Waals surface area contributed by atoms with Gasteiger partial charge in [0, 0.05) is 24.9 Å². The van der Waals surface area contributed by atoms with Crippen molar-refractivity contribution >= 4 is 11.8 Å². The van der Waals surface area contributed by atoms with Crippen LogP contribution in [-0.2, 0) is 32.8 Å². The molecule has 0 bridgehead atoms. The summed E-state index contributed by atoms with van der Waals surface area (Å²) in [5.74, 6) is -1.19. The Hall–Kier alpha value is -3.65. The fraction of sp³-hybridized carbons (Fsp3) is 0.433. The Morgan fingerprint density at radius 2 is 1.84 bits per heavy atom. The molecule has 2 aromatic carbocycles. The summed E-state index contributed by atoms with van der Waals surface area (Å²) in [6.45, 7) is 5.72. The quantitative estimate of drug-likeness (QED) is 0.335. The smallest absolute Gasteiger partial charge is 0.227 e. The lowest BCUT2D eigenvalue weighted by Crippen LogP contribution is -2.64. The van der Waals surface area contributed by atoms with Gasteiger partial charge in [0.15, 0.2) is 0 Å². The number of aromatic nitrogens is 2. The molecule has 1 aliphatic heterocycles. The van der Waals surface area contributed by atoms with E-state index in [9.17, 15) is 9.59 Å². The number of hydrogen-bond acceptors (Lipinski definition) is 5. The number of benzene rings is 2. The normalized spacial score (nSPS) is 15.9. The van der Waals surface area contributed by atoms with E-state index in [4.69, 9.17) is 15.2 Å². The van der Waals surface area contributed by atoms with Gasteiger partial charge in [0.05, 0.1) is 38.4 Å². The number of nitrogens with one attached hydrogen (secondary N) is 1. The first-order valence-electron chi connectivity index (χ1n) is 13.2. The van der Waals surface area contributed by atoms with Crippen LogP contribution in [0.1, 0.15) is 42.1 Å². The van der Waals surface area contributed by atoms with Crippen LogP contribution >= 0.6 is 0 Å². The molecule has 1 fully saturated rings. The Bertz CT molecular complexity index is 1200. The van der Waals surface area contributed by atoms with Crippen molar-refractivity contribution in [3.63, 3.8) is 0 Å². The molecule has 1 aromatic heterocycles. The van der Waals surface area contributed by atoms with E-state index >= 15 is 0 Å². The molecule has 0 aliphatic carbocycles. The fourth-order valence-corrected chi connectivity index (χ4v) is 5.29. The summed E-state index contributed by atoms with van der Waals surface area (Å²) < 4.78 is 11.7. The maximum atomic E-state index is 14.1. The molecule has 0 saturated carbocycles. The second-order valence-corrected chi connectivity index (χ2v) is 10.2. The number of likely N-dealkylation sites (tertiary alicyclic amines) is 1. The Kier molecular flexibility index (Phi) is 8.84. The number of amides is 2. The highest BCUT2D eigenvalue weighted by Crippen LogP contribution is 2.39. The first kappa shape index (κ1) is 27.4. The molecule has 4 rings (SSSR count). The van der Waals surface area contributed by atoms with Crippen LogP contribution in [0.2, 0.25) is 0 Å². The molecular weight excluding hydrogens is 480 g/mol. The van der Waals surface area contributed by atoms with E-state index < -0.39 is 23.3 Å². The van der Waals surface area contributed by atoms with Crippen molar-refractivity contribution < 1.29 is 19.1 Å². The van der Waals surface area contributed by atoms with Gasteiger partial charge in [-0.2, -0.15) is 0 Å². The minimum atomic E-state index is -0.695. The summed E-state index contributed by atoms with van der Waals surface area (Å²) in [5, 5.41) is 0. The fourth-order valence-electron chi connectivity index (χ4n) is 5.29. The lowest BCUT2D eigenvalue weighted by Gasteiger charge is -2.51. The van der Waals surface area contributed by atoms with Crippen molar-refractivity contribution in [1.82, 2.24) is 14.9 Å². The number of aromatic amines is 1. The van der Waals surface area contributed by atoms with Gasteiger partial charge in [-0.25, -0.2) is 4.98 Å². The number of carbonyl (C=O) groups excluding carboxylic acids is 2. The average molecular weight is 519 g/mol. The second kappa shape index (κ2) is 12.3. The van der Waals surface area contributed by atoms with Gasteiger partial charge in [-0.3, -0.25) is 9.59 Å². The van der Waals surface area contributed by atoms with Crippen LogP contribution in [0.25, 0.3) is 0 Å². The van der Waals surface area contributed by atoms with Crippen LogP contribution < -0.4 is 10.5 Å². The second-order valence-electron chi connectivity index (χ2n) is 10.2. The first-order valence-corrected chi connectivity index (χ1v) is 13.2. The topological polar surface area (TPSA) is 111 Å². The van der Waals surface area contributed by atoms with E-state index in [1.54, 1.807) is 19.6 Å². The number of primary amides is 1. The van der Waals surface area contributed by atoms with Gasteiger partial charge < -0.3 is 25.1 Å². The van der Waals surface area contributed by atoms with Gasteiger partial charge in [-0.15, -0.1) is 0 Å². The van der Waals surface area contributed by atoms with Crippen molar-refractivity contribution in [2.24, 2.45) is 17.6 Å². The van der Waals surface area contributed by atoms with Crippen LogP contribution in [0.4, 0.5) is 0 Å². The number of aryl methyl sites for hydroxylation is 1. The van der Waals surface area contributed by atoms with Crippen molar-refractivity contribution in [2.45, 2.75) is 45.1 Å². The third-order valence-corrected chi connectivity index (χ3v) is 7.49. The van der Waals surface area contributed by atoms with E-state index in [0.717, 1.165) is 41.0 Å². The van der Waals surface area contributed by atoms with Crippen LogP contribution in [0.3, 0.4) is 0 Å². The Balaban J connectivity index is 1.60. The monoisotopic (exact) mass is 518 g/mol. The molecule has 0 spiro atoms. The minimum absolute atomic E-state index is 0.0903. The minimum Gasteiger partial charge on any atom is -0.497 e. The number of unbranched alkanes of at least 4 members (excludes halogenated alkanes) is 1. The predicted molar refractivity (Wildman–Crippen MR) is 145 cm³/mol. The van der Waals surface area contributed by atoms with Crippen molar-refractivity contribution in [2.75, 3.05) is 26.8 Å². The number of nitrogens with two attached hydrogens (primary N) is 1. The standard InChI is InChI=1S/C30H38N4O4/c1-4-5-14-38-30(27-9-7-6-8-21(27)2)18-34(19-30)29(36)26(15-22-10-12-24(37-3)13-11-22)25(28(31)35)16-23-17-32-20-33-23/h6-13,17,20,25-26H,4-5,14-16,18-19H2,1-3H3,(H2,31,35)(H,32,33)/t25?,26-/m1/s1. The van der Waals surface area contributed by atoms with Crippen LogP contribution in [0.15, 0.2) is 61.1 Å². The zero-order chi connectivity index (χ0) is 27.1. The number of imidazole rings is 1. The highest BCUT2D eigenvalue weighted by molar-refractivity contribution is 5.88. The van der Waals surface area contributed by atoms with Crippen molar-refractivity contribution in [3.8, 4) is 5.75 Å². The van der Waals surface area contributed by atoms with Crippen LogP contribution in [0, 0.1) is 18.8 Å². The lowest BCUT2D eigenvalue weighted by molar-refractivity contribution is -0.178. The van der Waals surface area contributed by atoms with Gasteiger partial charge in [-0.1, -0.05) is 49.7 Å². The van der Waals surface area contributed by atoms with Gasteiger partial charge in [0.2, 0.25) is 11.8 Å². The largest absolute Gasteiger partial charge is 0.497 e. The summed E-state index contributed by atoms with van der Waals surface area (Å²) >= 11 is 0. The lowest BCUT2D eigenvalue weighted by atomic mass is 9.78. The Labute approximate surface area is 224 Å². The molecule has 2 heterocycles. The third kappa shape index (κ3) is 6.07. The molecule has 202 valence electrons. The molecule has 1 aliphatic rings. The van der Waals surface area contributed by atoms with Gasteiger partial charge >= 0.3 is 0 Å². The third-order valence-electron chi connectivity index (χ3n) is 7.49. The Morgan fingerprint density at radius 1 is 1.11 bits per heavy atom. The number of methoxy groups -OCH3 is 1. The molecule has 2 amide bonds. The predicted octanol–water partition coefficient (Wildman–Crippen LogP) is 3.78. The summed E-state index contributed by atoms with van der Waals surface area (Å²) in [6, 6.07) is 15.8. The molecular formula is C30H38N4O4. The van der Waals surface area contributed by atoms with Gasteiger partial charge in [-0.05, 0) is 48.6 Å². The summed E-state index contributed by atoms with van der Waals surface area (Å²) in [4.78, 5) is 35.7. The maximum absolute atomic E-state index is 14.1. The van der Waals surface area contributed by atoms with E-state index in [0.29, 0.717) is 32.5 Å². The Morgan fingerprint density at radius 3 is 2.45 bits per heavy atom. The SMILES string of the molecule is CCCCOC1(c2ccccc2C)CN(C(=O)[C@H](Cc2ccc(OC)cc2)C(Cc2cnc[nH]2)C(N)=O)C1. The van der Waals surface area contributed by atoms with E-state index in [1.807, 2.05) is 41.3 Å². The number of rotatable bonds is 13. The molecule has 1 saturated heterocycles. The van der Waals surface area contributed by atoms with Crippen LogP contribution in [-0.4, -0.2) is 53.5 Å². The molecule has 0 radical (unpaired) electrons. The van der Waals surface area contributed by atoms with Crippen molar-refractivity contribution in [1.29, 1.82) is 0 Å². The van der Waals surface area contributed by atoms with Gasteiger partial charge in [0.25, 0.3) is 0 Å². The number of hydrogen-bond donors (Lipinski definition) is 2. The molecule has 8 heteroatoms. The number of nitrogens with zero attached hydrogens (tertiary/aromatic N) is 2. The number of carbonyl (C=O) groups is 2. The zero-order valence-electron chi connectivity index (χ0n) is 22.5. The average Bonchev–Trinajstić information content (AvgIpc) is 3.41. The first-order chi connectivity index (χ1) is 18.4. The number of H-pyrrole nitrogens is 1. The molecule has 38 heavy (non-hydrogen) atoms. The number of ether oxygens (including phenoxy) is 2. The zero-order valence-corrected chi connectivity index (χ0v) is 22.5. The van der Waals surface area contributed by atoms with Crippen LogP contribution in [0.5, 0.6) is 5.75 Å². The van der Waals surface area contributed by atoms with Gasteiger partial charge in [0.1, 0.15) is 11.4 Å². The summed E-state index contributed by atoms with van der Waals surface area (Å²) in [6.07, 6.45) is 5.91. The molecule has 8 nitrogen and oxygen atoms in total. The van der Waals surface area contributed by atoms with E-state index in [2.05, 4.69) is 35.9 Å². The summed E-state index contributed by atoms with van der Waals surface area (Å²) in [5.41, 5.74) is 9.31. The maximum Gasteiger partial charge on any atom is 0.227 e. The highest BCUT2D eigenvalue weighted by Gasteiger charge is 2.50. The van der Waals surface area contributed by atoms with E-state index in [-0.39, 0.29) is 5.91 Å². The highest BCUT2D eigenvalue weighted by atomic mass is 16.5. The van der Waals surface area contributed by atoms with Crippen molar-refractivity contribution in [3.05, 3.63) is 83.4 Å². The molecule has 2 atom stereocenters. The molecule has 3 aromatic rings. The summed E-state index contributed by atoms with van der Waals surface area (Å²) in [7, 11) is 1.61. The molecule has 1 unspecified atom stereocenters. The van der Waals surface area contributed by atoms with E-state index in [1.165, 1.54) is 0 Å². The molecule has 3 N–H and O–H groups in total.